The smallest absolute Gasteiger partial charge is 0.275 e. The van der Waals surface area contributed by atoms with Crippen molar-refractivity contribution in [2.45, 2.75) is 18.9 Å². The fourth-order valence-electron chi connectivity index (χ4n) is 2.97. The van der Waals surface area contributed by atoms with Crippen LogP contribution in [0.5, 0.6) is 0 Å². The van der Waals surface area contributed by atoms with Crippen molar-refractivity contribution in [3.8, 4) is 11.5 Å². The number of rotatable bonds is 5. The molecule has 1 aliphatic heterocycles. The summed E-state index contributed by atoms with van der Waals surface area (Å²) in [5.41, 5.74) is 1.13. The van der Waals surface area contributed by atoms with Gasteiger partial charge in [-0.15, -0.1) is 5.10 Å². The van der Waals surface area contributed by atoms with Crippen LogP contribution in [-0.2, 0) is 4.74 Å². The van der Waals surface area contributed by atoms with E-state index >= 15 is 0 Å². The third-order valence-corrected chi connectivity index (χ3v) is 4.23. The second kappa shape index (κ2) is 6.90. The minimum Gasteiger partial charge on any atom is -0.376 e. The summed E-state index contributed by atoms with van der Waals surface area (Å²) in [4.78, 5) is 12.7. The quantitative estimate of drug-likeness (QED) is 0.772. The second-order valence-electron chi connectivity index (χ2n) is 5.94. The molecule has 2 aromatic heterocycles. The standard InChI is InChI=1S/C18H19N5O2/c24-17(19-13-15-9-6-12-25-15)16-18(22-10-4-5-11-22)23(21-20-16)14-7-2-1-3-8-14/h1-5,7-8,10-11,15H,6,9,12-13H2,(H,19,24). The number of nitrogens with zero attached hydrogens (tertiary/aromatic N) is 4. The number of ether oxygens (including phenoxy) is 1. The molecule has 0 radical (unpaired) electrons. The van der Waals surface area contributed by atoms with Crippen LogP contribution in [0.2, 0.25) is 0 Å². The first-order valence-electron chi connectivity index (χ1n) is 8.37. The summed E-state index contributed by atoms with van der Waals surface area (Å²) in [6.07, 6.45) is 5.84. The molecule has 1 saturated heterocycles. The molecule has 1 N–H and O–H groups in total. The van der Waals surface area contributed by atoms with Crippen LogP contribution in [0.1, 0.15) is 23.3 Å². The van der Waals surface area contributed by atoms with Gasteiger partial charge in [0.25, 0.3) is 5.91 Å². The molecule has 1 amide bonds. The molecule has 1 fully saturated rings. The van der Waals surface area contributed by atoms with Crippen LogP contribution >= 0.6 is 0 Å². The van der Waals surface area contributed by atoms with Gasteiger partial charge in [-0.05, 0) is 37.1 Å². The summed E-state index contributed by atoms with van der Waals surface area (Å²) >= 11 is 0. The van der Waals surface area contributed by atoms with Crippen molar-refractivity contribution in [1.29, 1.82) is 0 Å². The minimum absolute atomic E-state index is 0.0862. The summed E-state index contributed by atoms with van der Waals surface area (Å²) in [5.74, 6) is 0.363. The number of amides is 1. The van der Waals surface area contributed by atoms with E-state index in [0.29, 0.717) is 12.4 Å². The molecule has 0 saturated carbocycles. The van der Waals surface area contributed by atoms with E-state index in [1.165, 1.54) is 0 Å². The fraction of sp³-hybridized carbons (Fsp3) is 0.278. The van der Waals surface area contributed by atoms with Gasteiger partial charge in [0.2, 0.25) is 0 Å². The predicted octanol–water partition coefficient (Wildman–Crippen LogP) is 1.97. The molecular weight excluding hydrogens is 318 g/mol. The Morgan fingerprint density at radius 3 is 2.72 bits per heavy atom. The maximum Gasteiger partial charge on any atom is 0.275 e. The van der Waals surface area contributed by atoms with Crippen LogP contribution in [0.25, 0.3) is 11.5 Å². The molecule has 25 heavy (non-hydrogen) atoms. The molecule has 4 rings (SSSR count). The fourth-order valence-corrected chi connectivity index (χ4v) is 2.97. The van der Waals surface area contributed by atoms with Crippen LogP contribution in [-0.4, -0.2) is 44.7 Å². The molecule has 7 heteroatoms. The highest BCUT2D eigenvalue weighted by molar-refractivity contribution is 5.95. The Kier molecular flexibility index (Phi) is 4.30. The van der Waals surface area contributed by atoms with Gasteiger partial charge in [-0.3, -0.25) is 4.79 Å². The Morgan fingerprint density at radius 1 is 1.20 bits per heavy atom. The normalized spacial score (nSPS) is 16.9. The molecular formula is C18H19N5O2. The van der Waals surface area contributed by atoms with Crippen LogP contribution in [0.4, 0.5) is 0 Å². The molecule has 1 aliphatic rings. The first-order valence-corrected chi connectivity index (χ1v) is 8.37. The van der Waals surface area contributed by atoms with Crippen molar-refractivity contribution in [1.82, 2.24) is 24.9 Å². The molecule has 3 heterocycles. The second-order valence-corrected chi connectivity index (χ2v) is 5.94. The van der Waals surface area contributed by atoms with Gasteiger partial charge >= 0.3 is 0 Å². The highest BCUT2D eigenvalue weighted by Gasteiger charge is 2.23. The number of nitrogens with one attached hydrogen (secondary N) is 1. The van der Waals surface area contributed by atoms with Gasteiger partial charge < -0.3 is 14.6 Å². The molecule has 0 bridgehead atoms. The Morgan fingerprint density at radius 2 is 2.00 bits per heavy atom. The molecule has 1 aromatic carbocycles. The van der Waals surface area contributed by atoms with E-state index in [0.717, 1.165) is 25.1 Å². The van der Waals surface area contributed by atoms with Crippen molar-refractivity contribution >= 4 is 5.91 Å². The van der Waals surface area contributed by atoms with Gasteiger partial charge in [0.1, 0.15) is 0 Å². The monoisotopic (exact) mass is 337 g/mol. The third-order valence-electron chi connectivity index (χ3n) is 4.23. The number of carbonyl (C=O) groups is 1. The van der Waals surface area contributed by atoms with Crippen molar-refractivity contribution in [3.63, 3.8) is 0 Å². The maximum absolute atomic E-state index is 12.7. The number of benzene rings is 1. The lowest BCUT2D eigenvalue weighted by molar-refractivity contribution is 0.0853. The predicted molar refractivity (Wildman–Crippen MR) is 92.0 cm³/mol. The Labute approximate surface area is 145 Å². The Balaban J connectivity index is 1.65. The topological polar surface area (TPSA) is 74.0 Å². The SMILES string of the molecule is O=C(NCC1CCCO1)c1nnn(-c2ccccc2)c1-n1cccc1. The minimum atomic E-state index is -0.249. The van der Waals surface area contributed by atoms with E-state index in [4.69, 9.17) is 4.74 Å². The van der Waals surface area contributed by atoms with Gasteiger partial charge in [-0.2, -0.15) is 4.68 Å². The Bertz CT molecular complexity index is 836. The zero-order chi connectivity index (χ0) is 17.1. The summed E-state index contributed by atoms with van der Waals surface area (Å²) < 4.78 is 9.06. The largest absolute Gasteiger partial charge is 0.376 e. The molecule has 128 valence electrons. The van der Waals surface area contributed by atoms with Gasteiger partial charge in [-0.1, -0.05) is 23.4 Å². The van der Waals surface area contributed by atoms with Crippen LogP contribution in [0, 0.1) is 0 Å². The number of hydrogen-bond acceptors (Lipinski definition) is 4. The van der Waals surface area contributed by atoms with Crippen LogP contribution in [0.3, 0.4) is 0 Å². The van der Waals surface area contributed by atoms with E-state index in [1.807, 2.05) is 59.4 Å². The first-order chi connectivity index (χ1) is 12.3. The Hall–Kier alpha value is -2.93. The lowest BCUT2D eigenvalue weighted by Gasteiger charge is -2.11. The third kappa shape index (κ3) is 3.18. The van der Waals surface area contributed by atoms with Gasteiger partial charge in [0.05, 0.1) is 11.8 Å². The summed E-state index contributed by atoms with van der Waals surface area (Å²) in [6.45, 7) is 1.25. The number of hydrogen-bond donors (Lipinski definition) is 1. The van der Waals surface area contributed by atoms with Crippen molar-refractivity contribution in [3.05, 3.63) is 60.6 Å². The van der Waals surface area contributed by atoms with E-state index in [-0.39, 0.29) is 17.7 Å². The molecule has 1 unspecified atom stereocenters. The molecule has 0 aliphatic carbocycles. The molecule has 3 aromatic rings. The van der Waals surface area contributed by atoms with Crippen molar-refractivity contribution in [2.75, 3.05) is 13.2 Å². The molecule has 0 spiro atoms. The van der Waals surface area contributed by atoms with Crippen LogP contribution < -0.4 is 5.32 Å². The number of para-hydroxylation sites is 1. The molecule has 7 nitrogen and oxygen atoms in total. The van der Waals surface area contributed by atoms with Gasteiger partial charge in [0.15, 0.2) is 11.5 Å². The number of aromatic nitrogens is 4. The van der Waals surface area contributed by atoms with E-state index in [1.54, 1.807) is 4.68 Å². The average Bonchev–Trinajstić information content (AvgIpc) is 3.41. The van der Waals surface area contributed by atoms with Crippen LogP contribution in [0.15, 0.2) is 54.9 Å². The summed E-state index contributed by atoms with van der Waals surface area (Å²) in [7, 11) is 0. The maximum atomic E-state index is 12.7. The highest BCUT2D eigenvalue weighted by Crippen LogP contribution is 2.18. The highest BCUT2D eigenvalue weighted by atomic mass is 16.5. The van der Waals surface area contributed by atoms with Gasteiger partial charge in [0, 0.05) is 25.5 Å². The zero-order valence-corrected chi connectivity index (χ0v) is 13.7. The lowest BCUT2D eigenvalue weighted by Crippen LogP contribution is -2.32. The first kappa shape index (κ1) is 15.6. The molecule has 1 atom stereocenters. The van der Waals surface area contributed by atoms with Crippen molar-refractivity contribution in [2.24, 2.45) is 0 Å². The van der Waals surface area contributed by atoms with Gasteiger partial charge in [-0.25, -0.2) is 0 Å². The van der Waals surface area contributed by atoms with E-state index in [9.17, 15) is 4.79 Å². The summed E-state index contributed by atoms with van der Waals surface area (Å²) in [6, 6.07) is 13.4. The zero-order valence-electron chi connectivity index (χ0n) is 13.7. The van der Waals surface area contributed by atoms with E-state index in [2.05, 4.69) is 15.6 Å². The van der Waals surface area contributed by atoms with E-state index < -0.39 is 0 Å². The summed E-state index contributed by atoms with van der Waals surface area (Å²) in [5, 5.41) is 11.2. The number of carbonyl (C=O) groups excluding carboxylic acids is 1. The van der Waals surface area contributed by atoms with Crippen molar-refractivity contribution < 1.29 is 9.53 Å². The lowest BCUT2D eigenvalue weighted by atomic mass is 10.2. The average molecular weight is 337 g/mol.